The second-order valence-electron chi connectivity index (χ2n) is 3.58. The molecular formula is C11H15ClFNO2. The number of methoxy groups -OCH3 is 2. The molecule has 16 heavy (non-hydrogen) atoms. The van der Waals surface area contributed by atoms with E-state index >= 15 is 0 Å². The van der Waals surface area contributed by atoms with Gasteiger partial charge >= 0.3 is 0 Å². The maximum atomic E-state index is 13.8. The van der Waals surface area contributed by atoms with Gasteiger partial charge in [-0.25, -0.2) is 4.39 Å². The van der Waals surface area contributed by atoms with Crippen molar-refractivity contribution in [2.75, 3.05) is 14.2 Å². The van der Waals surface area contributed by atoms with Gasteiger partial charge in [0, 0.05) is 11.6 Å². The Hall–Kier alpha value is -1.00. The number of rotatable bonds is 4. The van der Waals surface area contributed by atoms with Crippen LogP contribution in [0.25, 0.3) is 0 Å². The van der Waals surface area contributed by atoms with Gasteiger partial charge in [-0.05, 0) is 19.4 Å². The Balaban J connectivity index is 3.29. The molecule has 2 N–H and O–H groups in total. The van der Waals surface area contributed by atoms with Gasteiger partial charge in [-0.1, -0.05) is 11.6 Å². The highest BCUT2D eigenvalue weighted by Crippen LogP contribution is 2.36. The van der Waals surface area contributed by atoms with Crippen LogP contribution in [0.5, 0.6) is 11.5 Å². The van der Waals surface area contributed by atoms with E-state index in [2.05, 4.69) is 0 Å². The number of hydrogen-bond acceptors (Lipinski definition) is 3. The zero-order chi connectivity index (χ0) is 12.3. The molecule has 0 saturated carbocycles. The average molecular weight is 248 g/mol. The van der Waals surface area contributed by atoms with Crippen molar-refractivity contribution in [2.24, 2.45) is 5.73 Å². The van der Waals surface area contributed by atoms with Gasteiger partial charge in [-0.15, -0.1) is 0 Å². The molecule has 1 rings (SSSR count). The van der Waals surface area contributed by atoms with E-state index in [4.69, 9.17) is 26.8 Å². The third kappa shape index (κ3) is 2.57. The van der Waals surface area contributed by atoms with E-state index in [0.717, 1.165) is 0 Å². The molecule has 0 fully saturated rings. The van der Waals surface area contributed by atoms with Crippen molar-refractivity contribution in [2.45, 2.75) is 19.4 Å². The lowest BCUT2D eigenvalue weighted by atomic mass is 10.1. The number of halogens is 2. The molecule has 1 unspecified atom stereocenters. The Bertz CT molecular complexity index is 383. The summed E-state index contributed by atoms with van der Waals surface area (Å²) < 4.78 is 23.7. The maximum absolute atomic E-state index is 13.8. The van der Waals surface area contributed by atoms with Gasteiger partial charge in [0.15, 0.2) is 11.6 Å². The van der Waals surface area contributed by atoms with E-state index in [1.54, 1.807) is 6.07 Å². The molecule has 0 spiro atoms. The highest BCUT2D eigenvalue weighted by Gasteiger charge is 2.18. The van der Waals surface area contributed by atoms with E-state index in [1.807, 2.05) is 6.92 Å². The summed E-state index contributed by atoms with van der Waals surface area (Å²) in [6.45, 7) is 1.83. The van der Waals surface area contributed by atoms with Crippen LogP contribution in [0.4, 0.5) is 4.39 Å². The van der Waals surface area contributed by atoms with Gasteiger partial charge in [0.05, 0.1) is 14.2 Å². The minimum Gasteiger partial charge on any atom is -0.495 e. The largest absolute Gasteiger partial charge is 0.495 e. The Morgan fingerprint density at radius 1 is 1.44 bits per heavy atom. The molecule has 0 aliphatic carbocycles. The molecule has 0 heterocycles. The van der Waals surface area contributed by atoms with Gasteiger partial charge in [0.1, 0.15) is 10.8 Å². The summed E-state index contributed by atoms with van der Waals surface area (Å²) in [5.74, 6) is -0.196. The molecule has 1 aromatic carbocycles. The van der Waals surface area contributed by atoms with E-state index < -0.39 is 5.82 Å². The molecule has 0 amide bonds. The highest BCUT2D eigenvalue weighted by atomic mass is 35.5. The summed E-state index contributed by atoms with van der Waals surface area (Å²) in [7, 11) is 2.83. The lowest BCUT2D eigenvalue weighted by Crippen LogP contribution is -2.18. The predicted molar refractivity (Wildman–Crippen MR) is 61.9 cm³/mol. The highest BCUT2D eigenvalue weighted by molar-refractivity contribution is 6.32. The van der Waals surface area contributed by atoms with E-state index in [9.17, 15) is 4.39 Å². The molecule has 3 nitrogen and oxygen atoms in total. The number of nitrogens with two attached hydrogens (primary N) is 1. The second kappa shape index (κ2) is 5.37. The first-order chi connectivity index (χ1) is 7.51. The van der Waals surface area contributed by atoms with Gasteiger partial charge in [-0.3, -0.25) is 0 Å². The topological polar surface area (TPSA) is 44.5 Å². The summed E-state index contributed by atoms with van der Waals surface area (Å²) in [5, 5.41) is -0.0761. The second-order valence-corrected chi connectivity index (χ2v) is 3.96. The van der Waals surface area contributed by atoms with Crippen molar-refractivity contribution in [3.05, 3.63) is 22.5 Å². The lowest BCUT2D eigenvalue weighted by Gasteiger charge is -2.14. The van der Waals surface area contributed by atoms with Crippen molar-refractivity contribution < 1.29 is 13.9 Å². The Kier molecular flexibility index (Phi) is 4.38. The number of benzene rings is 1. The fraction of sp³-hybridized carbons (Fsp3) is 0.455. The fourth-order valence-corrected chi connectivity index (χ4v) is 1.72. The smallest absolute Gasteiger partial charge is 0.187 e. The molecule has 1 aromatic rings. The maximum Gasteiger partial charge on any atom is 0.187 e. The normalized spacial score (nSPS) is 12.4. The first kappa shape index (κ1) is 13.1. The van der Waals surface area contributed by atoms with Crippen LogP contribution < -0.4 is 15.2 Å². The minimum atomic E-state index is -0.612. The van der Waals surface area contributed by atoms with Crippen LogP contribution in [-0.4, -0.2) is 20.3 Å². The van der Waals surface area contributed by atoms with Crippen LogP contribution in [-0.2, 0) is 6.42 Å². The van der Waals surface area contributed by atoms with Gasteiger partial charge in [-0.2, -0.15) is 0 Å². The Labute approximate surface area is 99.3 Å². The molecule has 0 saturated heterocycles. The number of ether oxygens (including phenoxy) is 2. The Morgan fingerprint density at radius 2 is 2.06 bits per heavy atom. The summed E-state index contributed by atoms with van der Waals surface area (Å²) in [6.07, 6.45) is 0.494. The third-order valence-corrected chi connectivity index (χ3v) is 2.52. The Morgan fingerprint density at radius 3 is 2.50 bits per heavy atom. The molecule has 0 aromatic heterocycles. The standard InChI is InChI=1S/C11H15ClFNO2/c1-6(14)4-7-5-8(15-2)9(12)10(13)11(7)16-3/h5-6H,4,14H2,1-3H3. The SMILES string of the molecule is COc1cc(CC(C)N)c(OC)c(F)c1Cl. The summed E-state index contributed by atoms with van der Waals surface area (Å²) in [6, 6.07) is 1.55. The van der Waals surface area contributed by atoms with E-state index in [1.165, 1.54) is 14.2 Å². The minimum absolute atomic E-state index is 0.0761. The molecule has 0 bridgehead atoms. The zero-order valence-corrected chi connectivity index (χ0v) is 10.3. The summed E-state index contributed by atoms with van der Waals surface area (Å²) in [4.78, 5) is 0. The van der Waals surface area contributed by atoms with Crippen molar-refractivity contribution in [3.8, 4) is 11.5 Å². The zero-order valence-electron chi connectivity index (χ0n) is 9.51. The van der Waals surface area contributed by atoms with Crippen LogP contribution in [0, 0.1) is 5.82 Å². The van der Waals surface area contributed by atoms with Crippen molar-refractivity contribution in [1.82, 2.24) is 0 Å². The molecule has 0 aliphatic heterocycles. The first-order valence-corrected chi connectivity index (χ1v) is 5.23. The molecule has 1 atom stereocenters. The van der Waals surface area contributed by atoms with Crippen LogP contribution in [0.15, 0.2) is 6.07 Å². The molecule has 0 aliphatic rings. The van der Waals surface area contributed by atoms with Crippen LogP contribution in [0.2, 0.25) is 5.02 Å². The quantitative estimate of drug-likeness (QED) is 0.889. The summed E-state index contributed by atoms with van der Waals surface area (Å²) >= 11 is 5.77. The average Bonchev–Trinajstić information content (AvgIpc) is 2.23. The fourth-order valence-electron chi connectivity index (χ4n) is 1.50. The third-order valence-electron chi connectivity index (χ3n) is 2.17. The molecule has 90 valence electrons. The van der Waals surface area contributed by atoms with Crippen LogP contribution >= 0.6 is 11.6 Å². The van der Waals surface area contributed by atoms with Crippen LogP contribution in [0.3, 0.4) is 0 Å². The lowest BCUT2D eigenvalue weighted by molar-refractivity contribution is 0.371. The molecule has 5 heteroatoms. The number of hydrogen-bond donors (Lipinski definition) is 1. The van der Waals surface area contributed by atoms with Crippen molar-refractivity contribution in [1.29, 1.82) is 0 Å². The van der Waals surface area contributed by atoms with Crippen molar-refractivity contribution >= 4 is 11.6 Å². The van der Waals surface area contributed by atoms with Gasteiger partial charge < -0.3 is 15.2 Å². The summed E-state index contributed by atoms with van der Waals surface area (Å²) in [5.41, 5.74) is 6.33. The van der Waals surface area contributed by atoms with E-state index in [-0.39, 0.29) is 22.6 Å². The molecule has 0 radical (unpaired) electrons. The van der Waals surface area contributed by atoms with E-state index in [0.29, 0.717) is 12.0 Å². The monoisotopic (exact) mass is 247 g/mol. The first-order valence-electron chi connectivity index (χ1n) is 4.85. The van der Waals surface area contributed by atoms with Crippen molar-refractivity contribution in [3.63, 3.8) is 0 Å². The van der Waals surface area contributed by atoms with Gasteiger partial charge in [0.2, 0.25) is 0 Å². The van der Waals surface area contributed by atoms with Crippen LogP contribution in [0.1, 0.15) is 12.5 Å². The molecular weight excluding hydrogens is 233 g/mol. The predicted octanol–water partition coefficient (Wildman–Crippen LogP) is 2.39. The van der Waals surface area contributed by atoms with Gasteiger partial charge in [0.25, 0.3) is 0 Å².